The van der Waals surface area contributed by atoms with Crippen LogP contribution in [0.5, 0.6) is 34.5 Å². The van der Waals surface area contributed by atoms with Crippen LogP contribution in [0.3, 0.4) is 0 Å². The van der Waals surface area contributed by atoms with Crippen molar-refractivity contribution < 1.29 is 53.3 Å². The number of unbranched alkanes of at least 4 members (excludes halogenated alkanes) is 2. The first-order valence-electron chi connectivity index (χ1n) is 27.0. The van der Waals surface area contributed by atoms with Crippen molar-refractivity contribution in [3.05, 3.63) is 164 Å². The van der Waals surface area contributed by atoms with Crippen molar-refractivity contribution in [3.63, 3.8) is 0 Å². The average Bonchev–Trinajstić information content (AvgIpc) is 4.28. The van der Waals surface area contributed by atoms with Crippen molar-refractivity contribution in [2.24, 2.45) is 23.7 Å². The predicted octanol–water partition coefficient (Wildman–Crippen LogP) is 12.0. The third-order valence-electron chi connectivity index (χ3n) is 15.8. The van der Waals surface area contributed by atoms with Gasteiger partial charge in [0.1, 0.15) is 11.5 Å². The van der Waals surface area contributed by atoms with E-state index in [1.807, 2.05) is 61.5 Å². The molecular formula is C63H72N2O11. The second-order valence-corrected chi connectivity index (χ2v) is 21.1. The lowest BCUT2D eigenvalue weighted by Gasteiger charge is -2.25. The van der Waals surface area contributed by atoms with Gasteiger partial charge in [0.25, 0.3) is 0 Å². The first kappa shape index (κ1) is 53.7. The Bertz CT molecular complexity index is 3050. The lowest BCUT2D eigenvalue weighted by molar-refractivity contribution is -0.142. The molecule has 0 saturated heterocycles. The smallest absolute Gasteiger partial charge is 0.308 e. The molecule has 0 spiro atoms. The van der Waals surface area contributed by atoms with Gasteiger partial charge in [-0.15, -0.1) is 0 Å². The number of carboxylic acids is 2. The summed E-state index contributed by atoms with van der Waals surface area (Å²) in [5.41, 5.74) is 12.5. The number of methoxy groups -OCH3 is 2. The standard InChI is InChI=1S/C32H35NO7.C31H37NO4/c1-4-5-6-21-8-10-24-28(19-7-12-25-26(16-19)40-17-39-25)30(32(36)37)29(31(24)33-21)23-11-9-22(38-3)15-20(23)13-18(2)14-27(34)35;1-5-6-7-23-9-11-26-29(21-8-13-27-28(16-21)36-18-35-27)20(3)30(31(26)32-23)25-12-10-24(34-4)15-22(25)14-19(2)17-33/h7-12,15-16,18,28-30H,4-6,13-14,17H2,1-3H3,(H,34,35)(H,36,37);8-13,15-16,19-20,29-30,33H,5-7,14,17-18H2,1-4H3/t18-,28-,29-,30?;19-,20+,29-,30+/m00/s1. The molecule has 13 nitrogen and oxygen atoms in total. The van der Waals surface area contributed by atoms with Crippen LogP contribution in [0, 0.1) is 23.7 Å². The molecular weight excluding hydrogens is 961 g/mol. The van der Waals surface area contributed by atoms with Crippen LogP contribution in [0.4, 0.5) is 0 Å². The SMILES string of the molecule is CCCCc1ccc2c(n1)[C@@H](c1ccc(OC)cc1C[C@H](C)CC(=O)O)C(C(=O)O)[C@H]2c1ccc2c(c1)OCO2.CCCCc1ccc2c(n1)[C@@H](c1ccc(OC)cc1C[C@H](C)CO)[C@H](C)[C@H]2c1ccc2c(c1)OCO2. The summed E-state index contributed by atoms with van der Waals surface area (Å²) in [6.45, 7) is 11.3. The summed E-state index contributed by atoms with van der Waals surface area (Å²) < 4.78 is 33.5. The first-order chi connectivity index (χ1) is 36.8. The third-order valence-corrected chi connectivity index (χ3v) is 15.8. The fourth-order valence-corrected chi connectivity index (χ4v) is 12.1. The number of aromatic nitrogens is 2. The summed E-state index contributed by atoms with van der Waals surface area (Å²) in [6, 6.07) is 32.6. The molecule has 1 unspecified atom stereocenters. The molecule has 4 aromatic carbocycles. The van der Waals surface area contributed by atoms with Crippen molar-refractivity contribution in [3.8, 4) is 34.5 Å². The van der Waals surface area contributed by atoms with Crippen LogP contribution in [-0.2, 0) is 35.3 Å². The number of aliphatic hydroxyl groups is 1. The van der Waals surface area contributed by atoms with Crippen LogP contribution in [0.25, 0.3) is 0 Å². The largest absolute Gasteiger partial charge is 0.497 e. The number of rotatable bonds is 20. The van der Waals surface area contributed by atoms with E-state index in [1.165, 1.54) is 27.9 Å². The molecule has 4 aliphatic rings. The van der Waals surface area contributed by atoms with Gasteiger partial charge in [0.05, 0.1) is 31.5 Å². The number of fused-ring (bicyclic) bond motifs is 4. The van der Waals surface area contributed by atoms with Gasteiger partial charge in [0.15, 0.2) is 23.0 Å². The minimum Gasteiger partial charge on any atom is -0.497 e. The number of carbonyl (C=O) groups is 2. The molecule has 0 amide bonds. The number of hydrogen-bond donors (Lipinski definition) is 3. The van der Waals surface area contributed by atoms with Crippen molar-refractivity contribution in [1.82, 2.24) is 9.97 Å². The summed E-state index contributed by atoms with van der Waals surface area (Å²) in [5, 5.41) is 30.0. The molecule has 400 valence electrons. The number of aryl methyl sites for hydroxylation is 2. The number of benzene rings is 4. The monoisotopic (exact) mass is 1030 g/mol. The fraction of sp³-hybridized carbons (Fsp3) is 0.429. The fourth-order valence-electron chi connectivity index (χ4n) is 12.1. The number of carboxylic acid groups (broad SMARTS) is 2. The van der Waals surface area contributed by atoms with Crippen molar-refractivity contribution in [1.29, 1.82) is 0 Å². The summed E-state index contributed by atoms with van der Waals surface area (Å²) in [7, 11) is 3.29. The Balaban J connectivity index is 0.000000187. The second kappa shape index (κ2) is 23.8. The van der Waals surface area contributed by atoms with Crippen molar-refractivity contribution in [2.75, 3.05) is 34.4 Å². The number of ether oxygens (including phenoxy) is 6. The highest BCUT2D eigenvalue weighted by molar-refractivity contribution is 5.78. The molecule has 4 heterocycles. The number of aliphatic hydroxyl groups excluding tert-OH is 1. The molecule has 0 bridgehead atoms. The van der Waals surface area contributed by atoms with Gasteiger partial charge < -0.3 is 43.7 Å². The maximum atomic E-state index is 13.1. The molecule has 6 aromatic rings. The van der Waals surface area contributed by atoms with E-state index in [2.05, 4.69) is 70.2 Å². The molecule has 10 rings (SSSR count). The van der Waals surface area contributed by atoms with Crippen molar-refractivity contribution >= 4 is 11.9 Å². The van der Waals surface area contributed by atoms with Crippen LogP contribution in [-0.4, -0.2) is 71.6 Å². The third kappa shape index (κ3) is 11.2. The van der Waals surface area contributed by atoms with Crippen LogP contribution in [0.1, 0.15) is 158 Å². The molecule has 0 radical (unpaired) electrons. The van der Waals surface area contributed by atoms with E-state index in [-0.39, 0.29) is 50.3 Å². The molecule has 2 aliphatic heterocycles. The van der Waals surface area contributed by atoms with Crippen LogP contribution in [0.2, 0.25) is 0 Å². The molecule has 3 N–H and O–H groups in total. The summed E-state index contributed by atoms with van der Waals surface area (Å²) in [5.74, 6) is 1.45. The number of nitrogens with zero attached hydrogens (tertiary/aromatic N) is 2. The molecule has 2 aromatic heterocycles. The van der Waals surface area contributed by atoms with E-state index < -0.39 is 29.7 Å². The highest BCUT2D eigenvalue weighted by Crippen LogP contribution is 2.56. The Morgan fingerprint density at radius 3 is 1.57 bits per heavy atom. The van der Waals surface area contributed by atoms with E-state index in [1.54, 1.807) is 14.2 Å². The van der Waals surface area contributed by atoms with Crippen LogP contribution < -0.4 is 28.4 Å². The van der Waals surface area contributed by atoms with Gasteiger partial charge in [-0.25, -0.2) is 0 Å². The lowest BCUT2D eigenvalue weighted by Crippen LogP contribution is -2.25. The van der Waals surface area contributed by atoms with Gasteiger partial charge in [0, 0.05) is 48.1 Å². The zero-order valence-electron chi connectivity index (χ0n) is 44.8. The Morgan fingerprint density at radius 2 is 1.07 bits per heavy atom. The van der Waals surface area contributed by atoms with Gasteiger partial charge in [-0.2, -0.15) is 0 Å². The predicted molar refractivity (Wildman–Crippen MR) is 290 cm³/mol. The Labute approximate surface area is 446 Å². The number of aliphatic carboxylic acids is 2. The van der Waals surface area contributed by atoms with Crippen LogP contribution >= 0.6 is 0 Å². The zero-order chi connectivity index (χ0) is 53.6. The molecule has 2 aliphatic carbocycles. The molecule has 8 atom stereocenters. The highest BCUT2D eigenvalue weighted by atomic mass is 16.7. The summed E-state index contributed by atoms with van der Waals surface area (Å²) in [6.07, 6.45) is 7.41. The zero-order valence-corrected chi connectivity index (χ0v) is 44.8. The summed E-state index contributed by atoms with van der Waals surface area (Å²) in [4.78, 5) is 35.0. The second-order valence-electron chi connectivity index (χ2n) is 21.1. The topological polar surface area (TPSA) is 176 Å². The highest BCUT2D eigenvalue weighted by Gasteiger charge is 2.49. The summed E-state index contributed by atoms with van der Waals surface area (Å²) >= 11 is 0. The lowest BCUT2D eigenvalue weighted by atomic mass is 9.77. The van der Waals surface area contributed by atoms with Crippen molar-refractivity contribution in [2.45, 2.75) is 116 Å². The Kier molecular flexibility index (Phi) is 16.8. The molecule has 0 fully saturated rings. The quantitative estimate of drug-likeness (QED) is 0.0659. The van der Waals surface area contributed by atoms with E-state index in [4.69, 9.17) is 38.4 Å². The maximum absolute atomic E-state index is 13.1. The minimum atomic E-state index is -0.916. The van der Waals surface area contributed by atoms with E-state index >= 15 is 0 Å². The molecule has 0 saturated carbocycles. The van der Waals surface area contributed by atoms with E-state index in [9.17, 15) is 24.9 Å². The molecule has 13 heteroatoms. The van der Waals surface area contributed by atoms with Gasteiger partial charge >= 0.3 is 11.9 Å². The minimum absolute atomic E-state index is 0.0134. The van der Waals surface area contributed by atoms with Gasteiger partial charge in [-0.3, -0.25) is 19.6 Å². The number of pyridine rings is 2. The van der Waals surface area contributed by atoms with Gasteiger partial charge in [0.2, 0.25) is 13.6 Å². The van der Waals surface area contributed by atoms with E-state index in [0.717, 1.165) is 102 Å². The Hall–Kier alpha value is -7.12. The first-order valence-corrected chi connectivity index (χ1v) is 27.0. The van der Waals surface area contributed by atoms with Crippen LogP contribution in [0.15, 0.2) is 97.1 Å². The average molecular weight is 1030 g/mol. The Morgan fingerprint density at radius 1 is 0.592 bits per heavy atom. The maximum Gasteiger partial charge on any atom is 0.308 e. The van der Waals surface area contributed by atoms with Gasteiger partial charge in [-0.05, 0) is 161 Å². The van der Waals surface area contributed by atoms with Gasteiger partial charge in [-0.1, -0.05) is 83.9 Å². The van der Waals surface area contributed by atoms with E-state index in [0.29, 0.717) is 29.6 Å². The number of hydrogen-bond acceptors (Lipinski definition) is 11. The normalized spacial score (nSPS) is 20.3. The molecule has 76 heavy (non-hydrogen) atoms.